The number of aliphatic carboxylic acids is 1. The number of carbonyl (C=O) groups excluding carboxylic acids is 1. The molecule has 0 heterocycles. The molecule has 0 fully saturated rings. The van der Waals surface area contributed by atoms with Crippen LogP contribution in [-0.2, 0) is 9.59 Å². The molecular weight excluding hydrogens is 200 g/mol. The zero-order valence-corrected chi connectivity index (χ0v) is 8.43. The van der Waals surface area contributed by atoms with Gasteiger partial charge in [0.25, 0.3) is 0 Å². The van der Waals surface area contributed by atoms with Crippen LogP contribution in [0.1, 0.15) is 6.42 Å². The fourth-order valence-corrected chi connectivity index (χ4v) is 1.08. The summed E-state index contributed by atoms with van der Waals surface area (Å²) in [6, 6.07) is -1.08. The van der Waals surface area contributed by atoms with Crippen molar-refractivity contribution in [3.8, 4) is 0 Å². The summed E-state index contributed by atoms with van der Waals surface area (Å²) in [7, 11) is 0. The molecule has 0 saturated carbocycles. The van der Waals surface area contributed by atoms with Crippen LogP contribution in [0.4, 0.5) is 0 Å². The smallest absolute Gasteiger partial charge is 0.305 e. The molecule has 0 aromatic heterocycles. The highest BCUT2D eigenvalue weighted by molar-refractivity contribution is 5.86. The lowest BCUT2D eigenvalue weighted by Gasteiger charge is -2.22. The summed E-state index contributed by atoms with van der Waals surface area (Å²) in [5.74, 6) is -1.62. The summed E-state index contributed by atoms with van der Waals surface area (Å²) >= 11 is 0. The van der Waals surface area contributed by atoms with Gasteiger partial charge in [0, 0.05) is 13.1 Å². The molecule has 0 aromatic carbocycles. The molecule has 0 bridgehead atoms. The average molecular weight is 216 g/mol. The third kappa shape index (κ3) is 5.14. The molecule has 1 unspecified atom stereocenters. The highest BCUT2D eigenvalue weighted by Gasteiger charge is 2.21. The number of amides is 1. The van der Waals surface area contributed by atoms with Crippen LogP contribution in [0, 0.1) is 0 Å². The lowest BCUT2D eigenvalue weighted by atomic mass is 10.2. The highest BCUT2D eigenvalue weighted by Crippen LogP contribution is 1.97. The van der Waals surface area contributed by atoms with Gasteiger partial charge >= 0.3 is 5.97 Å². The summed E-state index contributed by atoms with van der Waals surface area (Å²) < 4.78 is 0. The molecule has 0 aromatic rings. The van der Waals surface area contributed by atoms with Crippen LogP contribution >= 0.6 is 0 Å². The number of carboxylic acid groups (broad SMARTS) is 1. The van der Waals surface area contributed by atoms with Crippen LogP contribution < -0.4 is 5.73 Å². The first-order chi connectivity index (χ1) is 7.02. The molecule has 0 spiro atoms. The van der Waals surface area contributed by atoms with E-state index in [4.69, 9.17) is 15.9 Å². The van der Waals surface area contributed by atoms with Gasteiger partial charge in [-0.3, -0.25) is 9.59 Å². The van der Waals surface area contributed by atoms with E-state index in [1.165, 1.54) is 11.0 Å². The number of hydrogen-bond acceptors (Lipinski definition) is 4. The minimum Gasteiger partial charge on any atom is -0.481 e. The SMILES string of the molecule is C=CCN(CCO)C(=O)C(N)CC(=O)O. The lowest BCUT2D eigenvalue weighted by Crippen LogP contribution is -2.45. The first kappa shape index (κ1) is 13.6. The molecule has 1 amide bonds. The maximum Gasteiger partial charge on any atom is 0.305 e. The first-order valence-corrected chi connectivity index (χ1v) is 4.50. The van der Waals surface area contributed by atoms with Crippen molar-refractivity contribution in [2.45, 2.75) is 12.5 Å². The van der Waals surface area contributed by atoms with Gasteiger partial charge in [-0.15, -0.1) is 6.58 Å². The van der Waals surface area contributed by atoms with E-state index in [0.717, 1.165) is 0 Å². The zero-order chi connectivity index (χ0) is 11.8. The molecule has 0 aliphatic heterocycles. The normalized spacial score (nSPS) is 11.9. The van der Waals surface area contributed by atoms with E-state index in [1.54, 1.807) is 0 Å². The second-order valence-electron chi connectivity index (χ2n) is 3.00. The third-order valence-electron chi connectivity index (χ3n) is 1.74. The topological polar surface area (TPSA) is 104 Å². The second kappa shape index (κ2) is 6.97. The summed E-state index contributed by atoms with van der Waals surface area (Å²) in [6.07, 6.45) is 1.07. The number of aliphatic hydroxyl groups is 1. The van der Waals surface area contributed by atoms with Gasteiger partial charge in [0.2, 0.25) is 5.91 Å². The Morgan fingerprint density at radius 2 is 2.13 bits per heavy atom. The van der Waals surface area contributed by atoms with Crippen molar-refractivity contribution in [2.75, 3.05) is 19.7 Å². The molecule has 86 valence electrons. The molecule has 0 rings (SSSR count). The first-order valence-electron chi connectivity index (χ1n) is 4.50. The van der Waals surface area contributed by atoms with Crippen molar-refractivity contribution in [1.29, 1.82) is 0 Å². The van der Waals surface area contributed by atoms with Gasteiger partial charge in [-0.05, 0) is 0 Å². The van der Waals surface area contributed by atoms with Gasteiger partial charge in [-0.2, -0.15) is 0 Å². The van der Waals surface area contributed by atoms with Crippen LogP contribution in [0.2, 0.25) is 0 Å². The van der Waals surface area contributed by atoms with Crippen molar-refractivity contribution in [3.05, 3.63) is 12.7 Å². The van der Waals surface area contributed by atoms with E-state index >= 15 is 0 Å². The zero-order valence-electron chi connectivity index (χ0n) is 8.43. The minimum atomic E-state index is -1.13. The Morgan fingerprint density at radius 3 is 2.53 bits per heavy atom. The average Bonchev–Trinajstić information content (AvgIpc) is 2.15. The fraction of sp³-hybridized carbons (Fsp3) is 0.556. The maximum absolute atomic E-state index is 11.5. The second-order valence-corrected chi connectivity index (χ2v) is 3.00. The van der Waals surface area contributed by atoms with Crippen molar-refractivity contribution in [3.63, 3.8) is 0 Å². The largest absolute Gasteiger partial charge is 0.481 e. The number of carbonyl (C=O) groups is 2. The molecule has 6 nitrogen and oxygen atoms in total. The van der Waals surface area contributed by atoms with Crippen LogP contribution in [0.25, 0.3) is 0 Å². The van der Waals surface area contributed by atoms with E-state index in [0.29, 0.717) is 0 Å². The van der Waals surface area contributed by atoms with Crippen LogP contribution in [-0.4, -0.2) is 52.7 Å². The number of nitrogens with zero attached hydrogens (tertiary/aromatic N) is 1. The van der Waals surface area contributed by atoms with E-state index in [-0.39, 0.29) is 19.7 Å². The Labute approximate surface area is 88.0 Å². The van der Waals surface area contributed by atoms with E-state index in [9.17, 15) is 9.59 Å². The molecule has 15 heavy (non-hydrogen) atoms. The van der Waals surface area contributed by atoms with E-state index in [2.05, 4.69) is 6.58 Å². The molecule has 4 N–H and O–H groups in total. The summed E-state index contributed by atoms with van der Waals surface area (Å²) in [5.41, 5.74) is 5.39. The Balaban J connectivity index is 4.33. The summed E-state index contributed by atoms with van der Waals surface area (Å²) in [6.45, 7) is 3.62. The molecule has 0 radical (unpaired) electrons. The molecule has 0 aliphatic rings. The number of nitrogens with two attached hydrogens (primary N) is 1. The summed E-state index contributed by atoms with van der Waals surface area (Å²) in [4.78, 5) is 23.1. The van der Waals surface area contributed by atoms with Crippen molar-refractivity contribution >= 4 is 11.9 Å². The Bertz CT molecular complexity index is 242. The molecule has 0 aliphatic carbocycles. The van der Waals surface area contributed by atoms with Gasteiger partial charge in [-0.1, -0.05) is 6.08 Å². The Kier molecular flexibility index (Phi) is 6.32. The van der Waals surface area contributed by atoms with Crippen molar-refractivity contribution < 1.29 is 19.8 Å². The monoisotopic (exact) mass is 216 g/mol. The minimum absolute atomic E-state index is 0.123. The van der Waals surface area contributed by atoms with Crippen molar-refractivity contribution in [2.24, 2.45) is 5.73 Å². The van der Waals surface area contributed by atoms with Gasteiger partial charge in [0.05, 0.1) is 19.1 Å². The Hall–Kier alpha value is -1.40. The predicted octanol–water partition coefficient (Wildman–Crippen LogP) is -1.20. The molecular formula is C9H16N2O4. The number of hydrogen-bond donors (Lipinski definition) is 3. The van der Waals surface area contributed by atoms with Gasteiger partial charge in [0.15, 0.2) is 0 Å². The molecule has 6 heteroatoms. The van der Waals surface area contributed by atoms with E-state index < -0.39 is 24.3 Å². The van der Waals surface area contributed by atoms with Crippen LogP contribution in [0.15, 0.2) is 12.7 Å². The van der Waals surface area contributed by atoms with Crippen LogP contribution in [0.3, 0.4) is 0 Å². The quantitative estimate of drug-likeness (QED) is 0.463. The van der Waals surface area contributed by atoms with Gasteiger partial charge < -0.3 is 20.8 Å². The molecule has 0 saturated heterocycles. The Morgan fingerprint density at radius 1 is 1.53 bits per heavy atom. The van der Waals surface area contributed by atoms with Gasteiger partial charge in [-0.25, -0.2) is 0 Å². The van der Waals surface area contributed by atoms with Crippen molar-refractivity contribution in [1.82, 2.24) is 4.90 Å². The standard InChI is InChI=1S/C9H16N2O4/c1-2-3-11(4-5-12)9(15)7(10)6-8(13)14/h2,7,12H,1,3-6,10H2,(H,13,14). The lowest BCUT2D eigenvalue weighted by molar-refractivity contribution is -0.141. The van der Waals surface area contributed by atoms with Gasteiger partial charge in [0.1, 0.15) is 0 Å². The van der Waals surface area contributed by atoms with Crippen LogP contribution in [0.5, 0.6) is 0 Å². The summed E-state index contributed by atoms with van der Waals surface area (Å²) in [5, 5.41) is 17.1. The number of carboxylic acids is 1. The predicted molar refractivity (Wildman–Crippen MR) is 54.1 cm³/mol. The highest BCUT2D eigenvalue weighted by atomic mass is 16.4. The number of rotatable bonds is 7. The third-order valence-corrected chi connectivity index (χ3v) is 1.74. The van der Waals surface area contributed by atoms with E-state index in [1.807, 2.05) is 0 Å². The number of aliphatic hydroxyl groups excluding tert-OH is 1. The molecule has 1 atom stereocenters. The maximum atomic E-state index is 11.5. The fourth-order valence-electron chi connectivity index (χ4n) is 1.08.